The monoisotopic (exact) mass is 231 g/mol. The minimum absolute atomic E-state index is 0.652. The van der Waals surface area contributed by atoms with Crippen molar-refractivity contribution in [3.8, 4) is 0 Å². The van der Waals surface area contributed by atoms with Crippen molar-refractivity contribution in [3.63, 3.8) is 0 Å². The average Bonchev–Trinajstić information content (AvgIpc) is 2.58. The van der Waals surface area contributed by atoms with E-state index < -0.39 is 0 Å². The van der Waals surface area contributed by atoms with Gasteiger partial charge in [-0.05, 0) is 49.3 Å². The van der Waals surface area contributed by atoms with Gasteiger partial charge in [-0.15, -0.1) is 0 Å². The molecule has 2 unspecified atom stereocenters. The highest BCUT2D eigenvalue weighted by Crippen LogP contribution is 2.33. The summed E-state index contributed by atoms with van der Waals surface area (Å²) in [5.41, 5.74) is 3.20. The first-order valence-corrected chi connectivity index (χ1v) is 7.18. The number of rotatable bonds is 4. The van der Waals surface area contributed by atoms with E-state index in [1.165, 1.54) is 32.1 Å². The lowest BCUT2D eigenvalue weighted by molar-refractivity contribution is 0.406. The van der Waals surface area contributed by atoms with Crippen LogP contribution in [-0.4, -0.2) is 12.6 Å². The largest absolute Gasteiger partial charge is 0.314 e. The number of benzene rings is 1. The van der Waals surface area contributed by atoms with Crippen LogP contribution in [0, 0.1) is 0 Å². The van der Waals surface area contributed by atoms with Gasteiger partial charge in [0.1, 0.15) is 0 Å². The Morgan fingerprint density at radius 1 is 1.24 bits per heavy atom. The summed E-state index contributed by atoms with van der Waals surface area (Å²) < 4.78 is 0. The molecule has 0 radical (unpaired) electrons. The van der Waals surface area contributed by atoms with Crippen LogP contribution in [0.1, 0.15) is 56.6 Å². The molecule has 0 spiro atoms. The zero-order chi connectivity index (χ0) is 12.1. The van der Waals surface area contributed by atoms with Crippen LogP contribution in [-0.2, 0) is 6.42 Å². The van der Waals surface area contributed by atoms with Gasteiger partial charge in [0.25, 0.3) is 0 Å². The van der Waals surface area contributed by atoms with Crippen LogP contribution in [0.5, 0.6) is 0 Å². The molecule has 0 bridgehead atoms. The van der Waals surface area contributed by atoms with Gasteiger partial charge in [0.05, 0.1) is 0 Å². The summed E-state index contributed by atoms with van der Waals surface area (Å²) in [4.78, 5) is 0. The van der Waals surface area contributed by atoms with Crippen LogP contribution >= 0.6 is 0 Å². The van der Waals surface area contributed by atoms with Gasteiger partial charge in [-0.25, -0.2) is 0 Å². The summed E-state index contributed by atoms with van der Waals surface area (Å²) in [6.07, 6.45) is 6.59. The van der Waals surface area contributed by atoms with Crippen LogP contribution in [0.25, 0.3) is 0 Å². The predicted molar refractivity (Wildman–Crippen MR) is 74.5 cm³/mol. The molecule has 0 fully saturated rings. The molecule has 0 saturated carbocycles. The number of hydrogen-bond donors (Lipinski definition) is 1. The van der Waals surface area contributed by atoms with Crippen molar-refractivity contribution in [3.05, 3.63) is 35.4 Å². The third kappa shape index (κ3) is 2.90. The zero-order valence-corrected chi connectivity index (χ0v) is 11.2. The zero-order valence-electron chi connectivity index (χ0n) is 11.2. The highest BCUT2D eigenvalue weighted by Gasteiger charge is 2.24. The fraction of sp³-hybridized carbons (Fsp3) is 0.625. The molecule has 0 aromatic heterocycles. The van der Waals surface area contributed by atoms with Crippen LogP contribution in [0.3, 0.4) is 0 Å². The summed E-state index contributed by atoms with van der Waals surface area (Å²) in [5.74, 6) is 0.721. The first-order valence-electron chi connectivity index (χ1n) is 7.18. The summed E-state index contributed by atoms with van der Waals surface area (Å²) >= 11 is 0. The van der Waals surface area contributed by atoms with Gasteiger partial charge < -0.3 is 5.32 Å². The molecule has 1 N–H and O–H groups in total. The SMILES string of the molecule is CCNC(CC)C1CCCCc2ccccc21. The van der Waals surface area contributed by atoms with Gasteiger partial charge in [0.15, 0.2) is 0 Å². The van der Waals surface area contributed by atoms with E-state index in [4.69, 9.17) is 0 Å². The Morgan fingerprint density at radius 2 is 2.06 bits per heavy atom. The smallest absolute Gasteiger partial charge is 0.0133 e. The molecule has 1 aliphatic carbocycles. The van der Waals surface area contributed by atoms with Crippen molar-refractivity contribution >= 4 is 0 Å². The standard InChI is InChI=1S/C16H25N/c1-3-16(17-4-2)15-12-8-6-10-13-9-5-7-11-14(13)15/h5,7,9,11,15-17H,3-4,6,8,10,12H2,1-2H3. The number of likely N-dealkylation sites (N-methyl/N-ethyl adjacent to an activating group) is 1. The lowest BCUT2D eigenvalue weighted by atomic mass is 9.85. The summed E-state index contributed by atoms with van der Waals surface area (Å²) in [6.45, 7) is 5.60. The van der Waals surface area contributed by atoms with Crippen molar-refractivity contribution in [2.75, 3.05) is 6.54 Å². The minimum Gasteiger partial charge on any atom is -0.314 e. The van der Waals surface area contributed by atoms with E-state index in [0.717, 1.165) is 12.5 Å². The maximum atomic E-state index is 3.67. The Morgan fingerprint density at radius 3 is 2.82 bits per heavy atom. The second-order valence-corrected chi connectivity index (χ2v) is 5.12. The van der Waals surface area contributed by atoms with Crippen LogP contribution in [0.2, 0.25) is 0 Å². The molecular weight excluding hydrogens is 206 g/mol. The molecule has 0 saturated heterocycles. The molecule has 1 heteroatoms. The third-order valence-corrected chi connectivity index (χ3v) is 4.06. The second kappa shape index (κ2) is 6.20. The molecular formula is C16H25N. The minimum atomic E-state index is 0.652. The van der Waals surface area contributed by atoms with Gasteiger partial charge in [0, 0.05) is 6.04 Å². The van der Waals surface area contributed by atoms with Crippen LogP contribution in [0.4, 0.5) is 0 Å². The number of aryl methyl sites for hydroxylation is 1. The number of fused-ring (bicyclic) bond motifs is 1. The molecule has 0 heterocycles. The molecule has 1 aliphatic rings. The van der Waals surface area contributed by atoms with Crippen molar-refractivity contribution in [2.24, 2.45) is 0 Å². The molecule has 2 atom stereocenters. The summed E-state index contributed by atoms with van der Waals surface area (Å²) in [6, 6.07) is 9.72. The van der Waals surface area contributed by atoms with E-state index in [9.17, 15) is 0 Å². The van der Waals surface area contributed by atoms with Crippen molar-refractivity contribution in [2.45, 2.75) is 57.9 Å². The maximum absolute atomic E-state index is 3.67. The van der Waals surface area contributed by atoms with Crippen LogP contribution in [0.15, 0.2) is 24.3 Å². The highest BCUT2D eigenvalue weighted by molar-refractivity contribution is 5.32. The van der Waals surface area contributed by atoms with E-state index in [1.54, 1.807) is 11.1 Å². The van der Waals surface area contributed by atoms with Crippen molar-refractivity contribution in [1.82, 2.24) is 5.32 Å². The van der Waals surface area contributed by atoms with Crippen LogP contribution < -0.4 is 5.32 Å². The number of hydrogen-bond acceptors (Lipinski definition) is 1. The van der Waals surface area contributed by atoms with E-state index in [2.05, 4.69) is 43.4 Å². The third-order valence-electron chi connectivity index (χ3n) is 4.06. The molecule has 2 rings (SSSR count). The summed E-state index contributed by atoms with van der Waals surface area (Å²) in [7, 11) is 0. The molecule has 0 amide bonds. The Hall–Kier alpha value is -0.820. The van der Waals surface area contributed by atoms with Crippen molar-refractivity contribution in [1.29, 1.82) is 0 Å². The van der Waals surface area contributed by atoms with Crippen molar-refractivity contribution < 1.29 is 0 Å². The molecule has 0 aliphatic heterocycles. The molecule has 1 nitrogen and oxygen atoms in total. The van der Waals surface area contributed by atoms with Gasteiger partial charge >= 0.3 is 0 Å². The van der Waals surface area contributed by atoms with Gasteiger partial charge in [-0.1, -0.05) is 44.5 Å². The molecule has 1 aromatic rings. The summed E-state index contributed by atoms with van der Waals surface area (Å²) in [5, 5.41) is 3.67. The van der Waals surface area contributed by atoms with E-state index >= 15 is 0 Å². The quantitative estimate of drug-likeness (QED) is 0.775. The Kier molecular flexibility index (Phi) is 4.61. The van der Waals surface area contributed by atoms with Gasteiger partial charge in [0.2, 0.25) is 0 Å². The first-order chi connectivity index (χ1) is 8.36. The number of nitrogens with one attached hydrogen (secondary N) is 1. The van der Waals surface area contributed by atoms with E-state index in [0.29, 0.717) is 6.04 Å². The van der Waals surface area contributed by atoms with E-state index in [1.807, 2.05) is 0 Å². The Bertz CT molecular complexity index is 345. The topological polar surface area (TPSA) is 12.0 Å². The first kappa shape index (κ1) is 12.6. The van der Waals surface area contributed by atoms with Gasteiger partial charge in [-0.2, -0.15) is 0 Å². The Labute approximate surface area is 106 Å². The fourth-order valence-corrected chi connectivity index (χ4v) is 3.21. The molecule has 17 heavy (non-hydrogen) atoms. The predicted octanol–water partition coefficient (Wildman–Crippen LogP) is 3.88. The van der Waals surface area contributed by atoms with Gasteiger partial charge in [-0.3, -0.25) is 0 Å². The Balaban J connectivity index is 2.26. The second-order valence-electron chi connectivity index (χ2n) is 5.12. The normalized spacial score (nSPS) is 21.6. The molecule has 94 valence electrons. The molecule has 1 aromatic carbocycles. The van der Waals surface area contributed by atoms with E-state index in [-0.39, 0.29) is 0 Å². The lowest BCUT2D eigenvalue weighted by Gasteiger charge is -2.27. The fourth-order valence-electron chi connectivity index (χ4n) is 3.21. The lowest BCUT2D eigenvalue weighted by Crippen LogP contribution is -2.34. The highest BCUT2D eigenvalue weighted by atomic mass is 14.9. The maximum Gasteiger partial charge on any atom is 0.0133 e. The average molecular weight is 231 g/mol.